The Labute approximate surface area is 154 Å². The third-order valence-electron chi connectivity index (χ3n) is 5.75. The van der Waals surface area contributed by atoms with E-state index in [9.17, 15) is 4.79 Å². The van der Waals surface area contributed by atoms with Crippen molar-refractivity contribution in [3.63, 3.8) is 0 Å². The van der Waals surface area contributed by atoms with E-state index >= 15 is 0 Å². The molecule has 1 saturated heterocycles. The Morgan fingerprint density at radius 1 is 1.46 bits per heavy atom. The molecule has 0 bridgehead atoms. The van der Waals surface area contributed by atoms with Gasteiger partial charge in [0.2, 0.25) is 0 Å². The van der Waals surface area contributed by atoms with E-state index in [2.05, 4.69) is 11.6 Å². The monoisotopic (exact) mass is 354 g/mol. The van der Waals surface area contributed by atoms with E-state index in [0.717, 1.165) is 35.7 Å². The highest BCUT2D eigenvalue weighted by Crippen LogP contribution is 2.41. The van der Waals surface area contributed by atoms with Crippen LogP contribution >= 0.6 is 0 Å². The number of hydrogen-bond acceptors (Lipinski definition) is 3. The van der Waals surface area contributed by atoms with Crippen molar-refractivity contribution < 1.29 is 14.3 Å². The van der Waals surface area contributed by atoms with Crippen LogP contribution in [0.25, 0.3) is 10.9 Å². The summed E-state index contributed by atoms with van der Waals surface area (Å²) in [7, 11) is 0. The molecule has 2 heterocycles. The third kappa shape index (κ3) is 3.17. The lowest BCUT2D eigenvalue weighted by Gasteiger charge is -2.44. The van der Waals surface area contributed by atoms with Crippen molar-refractivity contribution in [2.75, 3.05) is 32.9 Å². The first-order valence-corrected chi connectivity index (χ1v) is 9.41. The number of carbonyl (C=O) groups excluding carboxylic acids is 1. The maximum absolute atomic E-state index is 13.1. The van der Waals surface area contributed by atoms with Gasteiger partial charge in [0.15, 0.2) is 0 Å². The molecule has 0 unspecified atom stereocenters. The fourth-order valence-electron chi connectivity index (χ4n) is 4.39. The zero-order valence-electron chi connectivity index (χ0n) is 15.1. The molecular formula is C21H26N2O3. The number of morpholine rings is 1. The molecule has 0 radical (unpaired) electrons. The number of carbonyl (C=O) groups is 1. The Bertz CT molecular complexity index is 799. The molecule has 1 saturated carbocycles. The Balaban J connectivity index is 1.50. The molecule has 4 rings (SSSR count). The second-order valence-electron chi connectivity index (χ2n) is 7.33. The van der Waals surface area contributed by atoms with Gasteiger partial charge in [-0.1, -0.05) is 12.5 Å². The second kappa shape index (κ2) is 7.25. The SMILES string of the molecule is C=CCOC[C@@H]1CCC[C@@]12CN(C(=O)c1ccc3[nH]ccc3c1)CCO2. The normalized spacial score (nSPS) is 25.8. The third-order valence-corrected chi connectivity index (χ3v) is 5.75. The number of aromatic amines is 1. The van der Waals surface area contributed by atoms with Crippen molar-refractivity contribution in [1.82, 2.24) is 9.88 Å². The van der Waals surface area contributed by atoms with Crippen molar-refractivity contribution in [2.45, 2.75) is 24.9 Å². The summed E-state index contributed by atoms with van der Waals surface area (Å²) in [4.78, 5) is 18.2. The molecule has 1 aliphatic carbocycles. The maximum atomic E-state index is 13.1. The first-order chi connectivity index (χ1) is 12.7. The molecular weight excluding hydrogens is 328 g/mol. The highest BCUT2D eigenvalue weighted by Gasteiger charge is 2.47. The van der Waals surface area contributed by atoms with Crippen LogP contribution in [0.5, 0.6) is 0 Å². The number of nitrogens with zero attached hydrogens (tertiary/aromatic N) is 1. The number of amides is 1. The summed E-state index contributed by atoms with van der Waals surface area (Å²) in [5.74, 6) is 0.429. The van der Waals surface area contributed by atoms with Crippen LogP contribution in [0.2, 0.25) is 0 Å². The minimum atomic E-state index is -0.257. The minimum Gasteiger partial charge on any atom is -0.377 e. The molecule has 2 atom stereocenters. The van der Waals surface area contributed by atoms with E-state index in [1.54, 1.807) is 6.08 Å². The first kappa shape index (κ1) is 17.3. The fraction of sp³-hybridized carbons (Fsp3) is 0.476. The number of nitrogens with one attached hydrogen (secondary N) is 1. The zero-order chi connectivity index (χ0) is 18.0. The van der Waals surface area contributed by atoms with Crippen LogP contribution in [0, 0.1) is 5.92 Å². The summed E-state index contributed by atoms with van der Waals surface area (Å²) in [5, 5.41) is 1.07. The number of ether oxygens (including phenoxy) is 2. The molecule has 2 aromatic rings. The van der Waals surface area contributed by atoms with Crippen molar-refractivity contribution in [3.05, 3.63) is 48.7 Å². The molecule has 138 valence electrons. The summed E-state index contributed by atoms with van der Waals surface area (Å²) in [6.45, 7) is 6.83. The lowest BCUT2D eigenvalue weighted by atomic mass is 9.89. The standard InChI is InChI=1S/C21H26N2O3/c1-2-11-25-14-18-4-3-8-21(18)15-23(10-12-26-21)20(24)17-5-6-19-16(13-17)7-9-22-19/h2,5-7,9,13,18,22H,1,3-4,8,10-12,14-15H2/t18-,21+/m0/s1. The highest BCUT2D eigenvalue weighted by molar-refractivity contribution is 5.98. The molecule has 26 heavy (non-hydrogen) atoms. The number of benzene rings is 1. The van der Waals surface area contributed by atoms with Crippen LogP contribution in [0.4, 0.5) is 0 Å². The van der Waals surface area contributed by atoms with Crippen LogP contribution in [0.15, 0.2) is 43.1 Å². The van der Waals surface area contributed by atoms with Gasteiger partial charge in [0, 0.05) is 35.1 Å². The van der Waals surface area contributed by atoms with Gasteiger partial charge < -0.3 is 19.4 Å². The fourth-order valence-corrected chi connectivity index (χ4v) is 4.39. The van der Waals surface area contributed by atoms with Gasteiger partial charge in [-0.3, -0.25) is 4.79 Å². The zero-order valence-corrected chi connectivity index (χ0v) is 15.1. The van der Waals surface area contributed by atoms with Crippen molar-refractivity contribution in [2.24, 2.45) is 5.92 Å². The van der Waals surface area contributed by atoms with E-state index in [1.165, 1.54) is 0 Å². The Hall–Kier alpha value is -2.11. The number of H-pyrrole nitrogens is 1. The molecule has 1 aromatic heterocycles. The van der Waals surface area contributed by atoms with Crippen molar-refractivity contribution in [3.8, 4) is 0 Å². The lowest BCUT2D eigenvalue weighted by molar-refractivity contribution is -0.132. The molecule has 1 spiro atoms. The first-order valence-electron chi connectivity index (χ1n) is 9.41. The number of aromatic nitrogens is 1. The molecule has 2 fully saturated rings. The van der Waals surface area contributed by atoms with Gasteiger partial charge in [-0.05, 0) is 37.1 Å². The van der Waals surface area contributed by atoms with Gasteiger partial charge in [0.05, 0.1) is 32.0 Å². The molecule has 1 aliphatic heterocycles. The topological polar surface area (TPSA) is 54.6 Å². The molecule has 1 amide bonds. The van der Waals surface area contributed by atoms with Crippen LogP contribution in [0.3, 0.4) is 0 Å². The molecule has 1 N–H and O–H groups in total. The van der Waals surface area contributed by atoms with Crippen LogP contribution in [-0.4, -0.2) is 54.3 Å². The molecule has 1 aromatic carbocycles. The summed E-state index contributed by atoms with van der Waals surface area (Å²) in [5.41, 5.74) is 1.54. The minimum absolute atomic E-state index is 0.0911. The average molecular weight is 354 g/mol. The second-order valence-corrected chi connectivity index (χ2v) is 7.33. The lowest BCUT2D eigenvalue weighted by Crippen LogP contribution is -2.56. The molecule has 2 aliphatic rings. The molecule has 5 heteroatoms. The summed E-state index contributed by atoms with van der Waals surface area (Å²) < 4.78 is 11.9. The number of rotatable bonds is 5. The smallest absolute Gasteiger partial charge is 0.254 e. The van der Waals surface area contributed by atoms with Gasteiger partial charge in [-0.2, -0.15) is 0 Å². The summed E-state index contributed by atoms with van der Waals surface area (Å²) in [6, 6.07) is 7.84. The number of hydrogen-bond donors (Lipinski definition) is 1. The maximum Gasteiger partial charge on any atom is 0.254 e. The van der Waals surface area contributed by atoms with Crippen LogP contribution < -0.4 is 0 Å². The van der Waals surface area contributed by atoms with E-state index < -0.39 is 0 Å². The quantitative estimate of drug-likeness (QED) is 0.661. The summed E-state index contributed by atoms with van der Waals surface area (Å²) in [6.07, 6.45) is 6.88. The Morgan fingerprint density at radius 3 is 3.27 bits per heavy atom. The van der Waals surface area contributed by atoms with Crippen LogP contribution in [0.1, 0.15) is 29.6 Å². The van der Waals surface area contributed by atoms with E-state index in [4.69, 9.17) is 9.47 Å². The van der Waals surface area contributed by atoms with Gasteiger partial charge in [-0.15, -0.1) is 6.58 Å². The van der Waals surface area contributed by atoms with Gasteiger partial charge in [0.1, 0.15) is 0 Å². The van der Waals surface area contributed by atoms with E-state index in [-0.39, 0.29) is 11.5 Å². The van der Waals surface area contributed by atoms with Crippen molar-refractivity contribution >= 4 is 16.8 Å². The largest absolute Gasteiger partial charge is 0.377 e. The predicted octanol–water partition coefficient (Wildman–Crippen LogP) is 3.38. The van der Waals surface area contributed by atoms with Gasteiger partial charge in [-0.25, -0.2) is 0 Å². The number of fused-ring (bicyclic) bond motifs is 1. The highest BCUT2D eigenvalue weighted by atomic mass is 16.5. The van der Waals surface area contributed by atoms with Crippen molar-refractivity contribution in [1.29, 1.82) is 0 Å². The van der Waals surface area contributed by atoms with Gasteiger partial charge in [0.25, 0.3) is 5.91 Å². The average Bonchev–Trinajstić information content (AvgIpc) is 3.28. The summed E-state index contributed by atoms with van der Waals surface area (Å²) >= 11 is 0. The predicted molar refractivity (Wildman–Crippen MR) is 101 cm³/mol. The van der Waals surface area contributed by atoms with Gasteiger partial charge >= 0.3 is 0 Å². The Kier molecular flexibility index (Phi) is 4.83. The van der Waals surface area contributed by atoms with E-state index in [0.29, 0.717) is 38.8 Å². The van der Waals surface area contributed by atoms with Crippen LogP contribution in [-0.2, 0) is 9.47 Å². The Morgan fingerprint density at radius 2 is 2.38 bits per heavy atom. The molecule has 5 nitrogen and oxygen atoms in total. The van der Waals surface area contributed by atoms with E-state index in [1.807, 2.05) is 35.4 Å².